The molecular formula is C16H27N3O2. The minimum Gasteiger partial charge on any atom is -0.377 e. The smallest absolute Gasteiger partial charge is 0.321 e. The summed E-state index contributed by atoms with van der Waals surface area (Å²) >= 11 is 0. The van der Waals surface area contributed by atoms with Crippen molar-refractivity contribution in [2.45, 2.75) is 32.9 Å². The van der Waals surface area contributed by atoms with E-state index in [1.54, 1.807) is 11.9 Å². The Hall–Kier alpha value is -1.59. The molecule has 0 heterocycles. The van der Waals surface area contributed by atoms with Crippen LogP contribution in [0, 0.1) is 0 Å². The maximum Gasteiger partial charge on any atom is 0.321 e. The van der Waals surface area contributed by atoms with E-state index in [1.165, 1.54) is 0 Å². The van der Waals surface area contributed by atoms with Crippen molar-refractivity contribution >= 4 is 11.7 Å². The zero-order valence-corrected chi connectivity index (χ0v) is 13.6. The summed E-state index contributed by atoms with van der Waals surface area (Å²) in [5, 5.41) is 6.09. The van der Waals surface area contributed by atoms with Gasteiger partial charge in [-0.1, -0.05) is 12.1 Å². The lowest BCUT2D eigenvalue weighted by molar-refractivity contribution is 0.0691. The summed E-state index contributed by atoms with van der Waals surface area (Å²) in [6, 6.07) is 7.98. The molecule has 0 radical (unpaired) electrons. The predicted octanol–water partition coefficient (Wildman–Crippen LogP) is 2.86. The summed E-state index contributed by atoms with van der Waals surface area (Å²) in [5.41, 5.74) is 1.94. The van der Waals surface area contributed by atoms with Crippen molar-refractivity contribution in [2.24, 2.45) is 0 Å². The minimum atomic E-state index is -0.128. The van der Waals surface area contributed by atoms with Gasteiger partial charge in [-0.25, -0.2) is 4.79 Å². The molecule has 5 heteroatoms. The number of amides is 2. The van der Waals surface area contributed by atoms with Crippen LogP contribution in [0.3, 0.4) is 0 Å². The van der Waals surface area contributed by atoms with Gasteiger partial charge in [0.1, 0.15) is 0 Å². The molecule has 0 aliphatic rings. The standard InChI is InChI=1S/C16H27N3O2/c1-12(2)21-10-9-19(5)16(20)18-15-8-6-7-14(11-15)13(3)17-4/h6-8,11-13,17H,9-10H2,1-5H3,(H,18,20). The van der Waals surface area contributed by atoms with Gasteiger partial charge >= 0.3 is 6.03 Å². The fourth-order valence-electron chi connectivity index (χ4n) is 1.80. The number of urea groups is 1. The van der Waals surface area contributed by atoms with Gasteiger partial charge in [0.15, 0.2) is 0 Å². The highest BCUT2D eigenvalue weighted by atomic mass is 16.5. The van der Waals surface area contributed by atoms with E-state index >= 15 is 0 Å². The van der Waals surface area contributed by atoms with Gasteiger partial charge in [-0.05, 0) is 45.5 Å². The monoisotopic (exact) mass is 293 g/mol. The van der Waals surface area contributed by atoms with Gasteiger partial charge in [0.25, 0.3) is 0 Å². The number of carbonyl (C=O) groups is 1. The molecule has 1 rings (SSSR count). The van der Waals surface area contributed by atoms with Crippen LogP contribution in [0.1, 0.15) is 32.4 Å². The van der Waals surface area contributed by atoms with Crippen molar-refractivity contribution in [3.63, 3.8) is 0 Å². The number of carbonyl (C=O) groups excluding carboxylic acids is 1. The molecule has 0 saturated carbocycles. The van der Waals surface area contributed by atoms with Crippen LogP contribution in [0.5, 0.6) is 0 Å². The summed E-state index contributed by atoms with van der Waals surface area (Å²) in [6.45, 7) is 7.15. The second-order valence-electron chi connectivity index (χ2n) is 5.41. The molecule has 0 aliphatic carbocycles. The van der Waals surface area contributed by atoms with Crippen LogP contribution in [0.25, 0.3) is 0 Å². The van der Waals surface area contributed by atoms with E-state index in [1.807, 2.05) is 45.2 Å². The Bertz CT molecular complexity index is 449. The highest BCUT2D eigenvalue weighted by Crippen LogP contribution is 2.17. The predicted molar refractivity (Wildman–Crippen MR) is 86.7 cm³/mol. The normalized spacial score (nSPS) is 12.3. The Morgan fingerprint density at radius 2 is 2.05 bits per heavy atom. The van der Waals surface area contributed by atoms with Crippen molar-refractivity contribution in [2.75, 3.05) is 32.6 Å². The zero-order valence-electron chi connectivity index (χ0n) is 13.6. The van der Waals surface area contributed by atoms with Gasteiger partial charge < -0.3 is 20.3 Å². The molecule has 2 amide bonds. The molecule has 5 nitrogen and oxygen atoms in total. The number of likely N-dealkylation sites (N-methyl/N-ethyl adjacent to an activating group) is 1. The van der Waals surface area contributed by atoms with E-state index in [2.05, 4.69) is 17.6 Å². The van der Waals surface area contributed by atoms with Crippen LogP contribution >= 0.6 is 0 Å². The summed E-state index contributed by atoms with van der Waals surface area (Å²) < 4.78 is 5.45. The molecule has 0 saturated heterocycles. The van der Waals surface area contributed by atoms with Crippen molar-refractivity contribution in [1.29, 1.82) is 0 Å². The number of nitrogens with one attached hydrogen (secondary N) is 2. The third-order valence-electron chi connectivity index (χ3n) is 3.30. The van der Waals surface area contributed by atoms with Crippen LogP contribution in [-0.4, -0.2) is 44.3 Å². The van der Waals surface area contributed by atoms with E-state index in [4.69, 9.17) is 4.74 Å². The van der Waals surface area contributed by atoms with Crippen molar-refractivity contribution < 1.29 is 9.53 Å². The first kappa shape index (κ1) is 17.5. The van der Waals surface area contributed by atoms with Gasteiger partial charge in [0, 0.05) is 25.3 Å². The Kier molecular flexibility index (Phi) is 7.19. The number of hydrogen-bond donors (Lipinski definition) is 2. The average molecular weight is 293 g/mol. The first-order chi connectivity index (χ1) is 9.93. The third kappa shape index (κ3) is 6.14. The van der Waals surface area contributed by atoms with Gasteiger partial charge in [-0.2, -0.15) is 0 Å². The Labute approximate surface area is 127 Å². The van der Waals surface area contributed by atoms with Gasteiger partial charge in [0.2, 0.25) is 0 Å². The van der Waals surface area contributed by atoms with Gasteiger partial charge in [-0.15, -0.1) is 0 Å². The molecule has 0 spiro atoms. The molecule has 1 aromatic rings. The Balaban J connectivity index is 2.54. The van der Waals surface area contributed by atoms with E-state index in [-0.39, 0.29) is 18.2 Å². The maximum absolute atomic E-state index is 12.1. The van der Waals surface area contributed by atoms with E-state index in [0.29, 0.717) is 13.2 Å². The highest BCUT2D eigenvalue weighted by Gasteiger charge is 2.10. The first-order valence-electron chi connectivity index (χ1n) is 7.35. The molecule has 0 aromatic heterocycles. The topological polar surface area (TPSA) is 53.6 Å². The second kappa shape index (κ2) is 8.64. The molecule has 1 atom stereocenters. The minimum absolute atomic E-state index is 0.128. The molecule has 2 N–H and O–H groups in total. The maximum atomic E-state index is 12.1. The summed E-state index contributed by atoms with van der Waals surface area (Å²) in [6.07, 6.45) is 0.182. The van der Waals surface area contributed by atoms with Crippen LogP contribution in [0.4, 0.5) is 10.5 Å². The average Bonchev–Trinajstić information content (AvgIpc) is 2.46. The number of rotatable bonds is 7. The SMILES string of the molecule is CNC(C)c1cccc(NC(=O)N(C)CCOC(C)C)c1. The molecule has 0 bridgehead atoms. The number of anilines is 1. The lowest BCUT2D eigenvalue weighted by atomic mass is 10.1. The van der Waals surface area contributed by atoms with E-state index in [0.717, 1.165) is 11.3 Å². The molecule has 0 aliphatic heterocycles. The lowest BCUT2D eigenvalue weighted by Gasteiger charge is -2.19. The summed E-state index contributed by atoms with van der Waals surface area (Å²) in [4.78, 5) is 13.7. The van der Waals surface area contributed by atoms with E-state index in [9.17, 15) is 4.79 Å². The van der Waals surface area contributed by atoms with Crippen LogP contribution in [0.2, 0.25) is 0 Å². The summed E-state index contributed by atoms with van der Waals surface area (Å²) in [7, 11) is 3.68. The quantitative estimate of drug-likeness (QED) is 0.813. The lowest BCUT2D eigenvalue weighted by Crippen LogP contribution is -2.34. The molecule has 1 unspecified atom stereocenters. The number of ether oxygens (including phenoxy) is 1. The van der Waals surface area contributed by atoms with Crippen molar-refractivity contribution in [1.82, 2.24) is 10.2 Å². The fourth-order valence-corrected chi connectivity index (χ4v) is 1.80. The number of nitrogens with zero attached hydrogens (tertiary/aromatic N) is 1. The summed E-state index contributed by atoms with van der Waals surface area (Å²) in [5.74, 6) is 0. The first-order valence-corrected chi connectivity index (χ1v) is 7.35. The zero-order chi connectivity index (χ0) is 15.8. The largest absolute Gasteiger partial charge is 0.377 e. The van der Waals surface area contributed by atoms with Crippen LogP contribution in [0.15, 0.2) is 24.3 Å². The van der Waals surface area contributed by atoms with Gasteiger partial charge in [-0.3, -0.25) is 0 Å². The molecular weight excluding hydrogens is 266 g/mol. The Morgan fingerprint density at radius 1 is 1.33 bits per heavy atom. The number of benzene rings is 1. The highest BCUT2D eigenvalue weighted by molar-refractivity contribution is 5.89. The molecule has 1 aromatic carbocycles. The van der Waals surface area contributed by atoms with Crippen LogP contribution in [-0.2, 0) is 4.74 Å². The van der Waals surface area contributed by atoms with Crippen molar-refractivity contribution in [3.8, 4) is 0 Å². The van der Waals surface area contributed by atoms with Crippen LogP contribution < -0.4 is 10.6 Å². The second-order valence-corrected chi connectivity index (χ2v) is 5.41. The van der Waals surface area contributed by atoms with Crippen molar-refractivity contribution in [3.05, 3.63) is 29.8 Å². The molecule has 118 valence electrons. The van der Waals surface area contributed by atoms with E-state index < -0.39 is 0 Å². The fraction of sp³-hybridized carbons (Fsp3) is 0.562. The third-order valence-corrected chi connectivity index (χ3v) is 3.30. The molecule has 21 heavy (non-hydrogen) atoms. The van der Waals surface area contributed by atoms with Gasteiger partial charge in [0.05, 0.1) is 12.7 Å². The number of hydrogen-bond acceptors (Lipinski definition) is 3. The Morgan fingerprint density at radius 3 is 2.67 bits per heavy atom. The molecule has 0 fully saturated rings.